The van der Waals surface area contributed by atoms with Crippen molar-refractivity contribution in [3.63, 3.8) is 0 Å². The molecule has 0 saturated carbocycles. The minimum absolute atomic E-state index is 0.0186. The SMILES string of the molecule is O=S(=O)(NCCOc1ccc(-c2ccccc2)nn1)c1cccc(Cl)c1Cl. The van der Waals surface area contributed by atoms with E-state index in [4.69, 9.17) is 27.9 Å². The molecule has 2 aromatic carbocycles. The molecule has 0 aliphatic carbocycles. The molecule has 3 rings (SSSR count). The summed E-state index contributed by atoms with van der Waals surface area (Å²) in [6.07, 6.45) is 0. The molecule has 0 fully saturated rings. The highest BCUT2D eigenvalue weighted by atomic mass is 35.5. The highest BCUT2D eigenvalue weighted by Crippen LogP contribution is 2.28. The Labute approximate surface area is 167 Å². The van der Waals surface area contributed by atoms with E-state index in [9.17, 15) is 8.42 Å². The van der Waals surface area contributed by atoms with Gasteiger partial charge in [0, 0.05) is 18.2 Å². The van der Waals surface area contributed by atoms with E-state index >= 15 is 0 Å². The molecule has 9 heteroatoms. The molecule has 0 amide bonds. The van der Waals surface area contributed by atoms with E-state index in [0.29, 0.717) is 5.88 Å². The Morgan fingerprint density at radius 1 is 0.926 bits per heavy atom. The molecule has 1 heterocycles. The van der Waals surface area contributed by atoms with Crippen molar-refractivity contribution in [3.05, 3.63) is 70.7 Å². The van der Waals surface area contributed by atoms with Gasteiger partial charge in [0.25, 0.3) is 0 Å². The van der Waals surface area contributed by atoms with Crippen LogP contribution in [0, 0.1) is 0 Å². The average Bonchev–Trinajstić information content (AvgIpc) is 2.68. The Hall–Kier alpha value is -2.19. The van der Waals surface area contributed by atoms with E-state index in [1.54, 1.807) is 12.1 Å². The topological polar surface area (TPSA) is 81.2 Å². The van der Waals surface area contributed by atoms with Gasteiger partial charge in [0.2, 0.25) is 15.9 Å². The van der Waals surface area contributed by atoms with Crippen molar-refractivity contribution in [2.45, 2.75) is 4.90 Å². The number of hydrogen-bond donors (Lipinski definition) is 1. The molecule has 0 bridgehead atoms. The summed E-state index contributed by atoms with van der Waals surface area (Å²) in [6.45, 7) is 0.115. The summed E-state index contributed by atoms with van der Waals surface area (Å²) < 4.78 is 32.4. The Bertz CT molecular complexity index is 1010. The molecule has 27 heavy (non-hydrogen) atoms. The fourth-order valence-corrected chi connectivity index (χ4v) is 4.03. The fourth-order valence-electron chi connectivity index (χ4n) is 2.26. The van der Waals surface area contributed by atoms with Gasteiger partial charge in [-0.2, -0.15) is 0 Å². The van der Waals surface area contributed by atoms with Gasteiger partial charge in [-0.15, -0.1) is 10.2 Å². The Morgan fingerprint density at radius 2 is 1.70 bits per heavy atom. The maximum Gasteiger partial charge on any atom is 0.242 e. The molecule has 3 aromatic rings. The standard InChI is InChI=1S/C18H15Cl2N3O3S/c19-14-7-4-8-16(18(14)20)27(24,25)21-11-12-26-17-10-9-15(22-23-17)13-5-2-1-3-6-13/h1-10,21H,11-12H2. The summed E-state index contributed by atoms with van der Waals surface area (Å²) in [5.74, 6) is 0.301. The van der Waals surface area contributed by atoms with Crippen LogP contribution in [0.3, 0.4) is 0 Å². The second-order valence-electron chi connectivity index (χ2n) is 5.42. The van der Waals surface area contributed by atoms with Crippen molar-refractivity contribution in [2.24, 2.45) is 0 Å². The van der Waals surface area contributed by atoms with Crippen LogP contribution in [0.1, 0.15) is 0 Å². The van der Waals surface area contributed by atoms with E-state index in [0.717, 1.165) is 11.3 Å². The molecule has 0 atom stereocenters. The molecular formula is C18H15Cl2N3O3S. The van der Waals surface area contributed by atoms with Crippen LogP contribution in [0.15, 0.2) is 65.6 Å². The first-order valence-electron chi connectivity index (χ1n) is 7.93. The molecule has 1 aromatic heterocycles. The Balaban J connectivity index is 1.55. The molecule has 0 saturated heterocycles. The van der Waals surface area contributed by atoms with E-state index in [1.165, 1.54) is 18.2 Å². The summed E-state index contributed by atoms with van der Waals surface area (Å²) in [6, 6.07) is 17.5. The lowest BCUT2D eigenvalue weighted by atomic mass is 10.1. The number of sulfonamides is 1. The molecule has 1 N–H and O–H groups in total. The first kappa shape index (κ1) is 19.6. The summed E-state index contributed by atoms with van der Waals surface area (Å²) >= 11 is 11.8. The molecular weight excluding hydrogens is 409 g/mol. The molecule has 0 aliphatic heterocycles. The monoisotopic (exact) mass is 423 g/mol. The van der Waals surface area contributed by atoms with Crippen LogP contribution in [-0.2, 0) is 10.0 Å². The van der Waals surface area contributed by atoms with Crippen LogP contribution >= 0.6 is 23.2 Å². The summed E-state index contributed by atoms with van der Waals surface area (Å²) in [7, 11) is -3.79. The second kappa shape index (κ2) is 8.67. The molecule has 140 valence electrons. The van der Waals surface area contributed by atoms with Crippen LogP contribution in [0.5, 0.6) is 5.88 Å². The third-order valence-corrected chi connectivity index (χ3v) is 5.99. The minimum atomic E-state index is -3.79. The van der Waals surface area contributed by atoms with Gasteiger partial charge in [0.15, 0.2) is 0 Å². The maximum absolute atomic E-state index is 12.3. The molecule has 0 unspecified atom stereocenters. The number of aromatic nitrogens is 2. The van der Waals surface area contributed by atoms with Crippen molar-refractivity contribution in [1.82, 2.24) is 14.9 Å². The zero-order valence-electron chi connectivity index (χ0n) is 14.0. The largest absolute Gasteiger partial charge is 0.475 e. The van der Waals surface area contributed by atoms with Gasteiger partial charge in [-0.05, 0) is 18.2 Å². The van der Waals surface area contributed by atoms with Gasteiger partial charge in [0.05, 0.1) is 15.7 Å². The predicted molar refractivity (Wildman–Crippen MR) is 105 cm³/mol. The van der Waals surface area contributed by atoms with E-state index in [1.807, 2.05) is 30.3 Å². The zero-order valence-corrected chi connectivity index (χ0v) is 16.3. The number of hydrogen-bond acceptors (Lipinski definition) is 5. The number of nitrogens with zero attached hydrogens (tertiary/aromatic N) is 2. The summed E-state index contributed by atoms with van der Waals surface area (Å²) in [5, 5.41) is 8.24. The van der Waals surface area contributed by atoms with Crippen molar-refractivity contribution in [3.8, 4) is 17.1 Å². The van der Waals surface area contributed by atoms with Gasteiger partial charge in [0.1, 0.15) is 11.5 Å². The van der Waals surface area contributed by atoms with Crippen molar-refractivity contribution in [1.29, 1.82) is 0 Å². The molecule has 0 spiro atoms. The third kappa shape index (κ3) is 4.95. The lowest BCUT2D eigenvalue weighted by Crippen LogP contribution is -2.28. The highest BCUT2D eigenvalue weighted by molar-refractivity contribution is 7.89. The Morgan fingerprint density at radius 3 is 2.41 bits per heavy atom. The molecule has 6 nitrogen and oxygen atoms in total. The molecule has 0 radical (unpaired) electrons. The van der Waals surface area contributed by atoms with E-state index in [2.05, 4.69) is 14.9 Å². The smallest absolute Gasteiger partial charge is 0.242 e. The van der Waals surface area contributed by atoms with Crippen molar-refractivity contribution < 1.29 is 13.2 Å². The lowest BCUT2D eigenvalue weighted by molar-refractivity contribution is 0.307. The Kier molecular flexibility index (Phi) is 6.28. The van der Waals surface area contributed by atoms with E-state index in [-0.39, 0.29) is 28.1 Å². The van der Waals surface area contributed by atoms with Gasteiger partial charge < -0.3 is 4.74 Å². The number of ether oxygens (including phenoxy) is 1. The van der Waals surface area contributed by atoms with Gasteiger partial charge in [-0.1, -0.05) is 59.6 Å². The maximum atomic E-state index is 12.3. The average molecular weight is 424 g/mol. The van der Waals surface area contributed by atoms with Crippen LogP contribution < -0.4 is 9.46 Å². The number of halogens is 2. The van der Waals surface area contributed by atoms with Gasteiger partial charge >= 0.3 is 0 Å². The van der Waals surface area contributed by atoms with Gasteiger partial charge in [-0.25, -0.2) is 13.1 Å². The first-order valence-corrected chi connectivity index (χ1v) is 10.2. The number of nitrogens with one attached hydrogen (secondary N) is 1. The number of benzene rings is 2. The quantitative estimate of drug-likeness (QED) is 0.584. The summed E-state index contributed by atoms with van der Waals surface area (Å²) in [4.78, 5) is -0.0799. The zero-order chi connectivity index (χ0) is 19.3. The predicted octanol–water partition coefficient (Wildman–Crippen LogP) is 3.81. The van der Waals surface area contributed by atoms with Crippen LogP contribution in [0.2, 0.25) is 10.0 Å². The van der Waals surface area contributed by atoms with Crippen molar-refractivity contribution in [2.75, 3.05) is 13.2 Å². The first-order chi connectivity index (χ1) is 13.0. The van der Waals surface area contributed by atoms with Gasteiger partial charge in [-0.3, -0.25) is 0 Å². The normalized spacial score (nSPS) is 11.3. The minimum Gasteiger partial charge on any atom is -0.475 e. The summed E-state index contributed by atoms with van der Waals surface area (Å²) in [5.41, 5.74) is 1.67. The van der Waals surface area contributed by atoms with E-state index < -0.39 is 10.0 Å². The van der Waals surface area contributed by atoms with Crippen LogP contribution in [0.4, 0.5) is 0 Å². The second-order valence-corrected chi connectivity index (χ2v) is 7.94. The van der Waals surface area contributed by atoms with Crippen LogP contribution in [0.25, 0.3) is 11.3 Å². The van der Waals surface area contributed by atoms with Crippen LogP contribution in [-0.4, -0.2) is 31.8 Å². The third-order valence-electron chi connectivity index (χ3n) is 3.56. The lowest BCUT2D eigenvalue weighted by Gasteiger charge is -2.10. The highest BCUT2D eigenvalue weighted by Gasteiger charge is 2.18. The molecule has 0 aliphatic rings. The number of rotatable bonds is 7. The fraction of sp³-hybridized carbons (Fsp3) is 0.111. The van der Waals surface area contributed by atoms with Crippen molar-refractivity contribution >= 4 is 33.2 Å².